The Bertz CT molecular complexity index is 1990. The van der Waals surface area contributed by atoms with Crippen molar-refractivity contribution in [3.05, 3.63) is 126 Å². The number of rotatable bonds is 13. The number of aromatic nitrogens is 4. The van der Waals surface area contributed by atoms with Gasteiger partial charge in [0, 0.05) is 53.3 Å². The molecule has 0 atom stereocenters. The summed E-state index contributed by atoms with van der Waals surface area (Å²) in [5.74, 6) is 0. The second-order valence-electron chi connectivity index (χ2n) is 12.8. The maximum absolute atomic E-state index is 3.92. The number of nitrogens with one attached hydrogen (secondary N) is 4. The molecule has 5 aromatic rings. The van der Waals surface area contributed by atoms with Crippen molar-refractivity contribution < 1.29 is 0 Å². The van der Waals surface area contributed by atoms with Gasteiger partial charge < -0.3 is 19.9 Å². The average molecular weight is 725 g/mol. The van der Waals surface area contributed by atoms with Crippen LogP contribution in [0.3, 0.4) is 0 Å². The predicted molar refractivity (Wildman–Crippen MR) is 202 cm³/mol. The lowest BCUT2D eigenvalue weighted by molar-refractivity contribution is 0.730. The molecule has 5 heterocycles. The topological polar surface area (TPSA) is 63.2 Å². The molecule has 5 heteroatoms. The summed E-state index contributed by atoms with van der Waals surface area (Å²) in [6.07, 6.45) is 14.0. The lowest BCUT2D eigenvalue weighted by Crippen LogP contribution is -2.18. The average Bonchev–Trinajstić information content (AvgIpc) is 3.89. The van der Waals surface area contributed by atoms with Crippen molar-refractivity contribution in [2.45, 2.75) is 97.8 Å². The van der Waals surface area contributed by atoms with E-state index in [0.717, 1.165) is 30.3 Å². The fourth-order valence-electron chi connectivity index (χ4n) is 6.90. The molecule has 240 valence electrons. The molecule has 4 aromatic heterocycles. The van der Waals surface area contributed by atoms with Crippen molar-refractivity contribution >= 4 is 44.9 Å². The van der Waals surface area contributed by atoms with E-state index >= 15 is 0 Å². The molecule has 4 N–H and O–H groups in total. The molecule has 0 aliphatic carbocycles. The van der Waals surface area contributed by atoms with E-state index in [-0.39, 0.29) is 0 Å². The first-order valence-electron chi connectivity index (χ1n) is 17.6. The van der Waals surface area contributed by atoms with E-state index in [4.69, 9.17) is 0 Å². The number of fused-ring (bicyclic) bond motifs is 8. The van der Waals surface area contributed by atoms with E-state index in [1.165, 1.54) is 122 Å². The van der Waals surface area contributed by atoms with Crippen LogP contribution in [0.5, 0.6) is 0 Å². The number of benzene rings is 1. The summed E-state index contributed by atoms with van der Waals surface area (Å²) < 4.78 is 1.24. The number of unbranched alkanes of at least 4 members (excludes halogenated alkanes) is 6. The third-order valence-electron chi connectivity index (χ3n) is 9.46. The van der Waals surface area contributed by atoms with E-state index in [2.05, 4.69) is 136 Å². The molecule has 0 spiro atoms. The Morgan fingerprint density at radius 3 is 1.26 bits per heavy atom. The molecular formula is C41H49IN4. The number of aromatic amines is 4. The zero-order valence-electron chi connectivity index (χ0n) is 27.8. The van der Waals surface area contributed by atoms with Gasteiger partial charge in [-0.05, 0) is 144 Å². The highest BCUT2D eigenvalue weighted by atomic mass is 127. The van der Waals surface area contributed by atoms with Gasteiger partial charge in [0.05, 0.1) is 0 Å². The van der Waals surface area contributed by atoms with Crippen LogP contribution in [0.25, 0.3) is 22.3 Å². The van der Waals surface area contributed by atoms with Crippen LogP contribution < -0.4 is 21.4 Å². The van der Waals surface area contributed by atoms with Crippen LogP contribution >= 0.6 is 22.6 Å². The van der Waals surface area contributed by atoms with Gasteiger partial charge in [0.15, 0.2) is 0 Å². The summed E-state index contributed by atoms with van der Waals surface area (Å²) in [6, 6.07) is 27.3. The third kappa shape index (κ3) is 7.25. The van der Waals surface area contributed by atoms with Gasteiger partial charge in [-0.1, -0.05) is 71.4 Å². The van der Waals surface area contributed by atoms with Gasteiger partial charge in [0.25, 0.3) is 0 Å². The van der Waals surface area contributed by atoms with Crippen molar-refractivity contribution in [1.82, 2.24) is 19.9 Å². The minimum absolute atomic E-state index is 1.03. The SMILES string of the molecule is CCCCCC1=c2ccc([nH]2)=C(CCCCC)c2ccc([nH]2)C(c2ccc(I)cc2)=c2ccc([nH]2)=C(CCCCC)c2ccc1[nH]2. The molecule has 1 aromatic carbocycles. The summed E-state index contributed by atoms with van der Waals surface area (Å²) in [5.41, 5.74) is 11.3. The Hall–Kier alpha value is -3.45. The van der Waals surface area contributed by atoms with Crippen LogP contribution in [0.4, 0.5) is 0 Å². The van der Waals surface area contributed by atoms with Gasteiger partial charge in [-0.2, -0.15) is 0 Å². The first-order valence-corrected chi connectivity index (χ1v) is 18.7. The van der Waals surface area contributed by atoms with E-state index in [9.17, 15) is 0 Å². The normalized spacial score (nSPS) is 13.2. The minimum Gasteiger partial charge on any atom is -0.355 e. The van der Waals surface area contributed by atoms with Gasteiger partial charge in [0.2, 0.25) is 0 Å². The van der Waals surface area contributed by atoms with Crippen molar-refractivity contribution in [2.75, 3.05) is 0 Å². The van der Waals surface area contributed by atoms with Crippen molar-refractivity contribution in [2.24, 2.45) is 0 Å². The Labute approximate surface area is 287 Å². The molecule has 0 fully saturated rings. The number of hydrogen-bond acceptors (Lipinski definition) is 0. The molecule has 6 rings (SSSR count). The summed E-state index contributed by atoms with van der Waals surface area (Å²) >= 11 is 2.40. The lowest BCUT2D eigenvalue weighted by atomic mass is 10.0. The molecule has 46 heavy (non-hydrogen) atoms. The first-order chi connectivity index (χ1) is 22.6. The highest BCUT2D eigenvalue weighted by Crippen LogP contribution is 2.26. The van der Waals surface area contributed by atoms with Gasteiger partial charge in [-0.25, -0.2) is 0 Å². The first kappa shape index (κ1) is 32.5. The summed E-state index contributed by atoms with van der Waals surface area (Å²) in [5, 5.41) is 4.78. The highest BCUT2D eigenvalue weighted by molar-refractivity contribution is 14.1. The van der Waals surface area contributed by atoms with Gasteiger partial charge in [0.1, 0.15) is 0 Å². The molecule has 0 saturated heterocycles. The van der Waals surface area contributed by atoms with Crippen LogP contribution in [0.1, 0.15) is 126 Å². The maximum atomic E-state index is 3.92. The fraction of sp³-hybridized carbons (Fsp3) is 0.366. The molecule has 0 radical (unpaired) electrons. The van der Waals surface area contributed by atoms with Gasteiger partial charge in [-0.15, -0.1) is 0 Å². The highest BCUT2D eigenvalue weighted by Gasteiger charge is 2.16. The summed E-state index contributed by atoms with van der Waals surface area (Å²) in [6.45, 7) is 6.85. The smallest absolute Gasteiger partial charge is 0.0485 e. The van der Waals surface area contributed by atoms with Crippen LogP contribution in [0, 0.1) is 3.57 Å². The molecule has 1 aliphatic rings. The lowest BCUT2D eigenvalue weighted by Gasteiger charge is -2.09. The largest absolute Gasteiger partial charge is 0.355 e. The second-order valence-corrected chi connectivity index (χ2v) is 14.1. The Balaban J connectivity index is 1.65. The zero-order chi connectivity index (χ0) is 31.9. The van der Waals surface area contributed by atoms with Crippen molar-refractivity contribution in [3.63, 3.8) is 0 Å². The molecular weight excluding hydrogens is 675 g/mol. The Morgan fingerprint density at radius 2 is 0.804 bits per heavy atom. The van der Waals surface area contributed by atoms with E-state index < -0.39 is 0 Å². The predicted octanol–water partition coefficient (Wildman–Crippen LogP) is 8.50. The summed E-state index contributed by atoms with van der Waals surface area (Å²) in [7, 11) is 0. The quantitative estimate of drug-likeness (QED) is 0.0696. The van der Waals surface area contributed by atoms with Crippen LogP contribution in [-0.4, -0.2) is 19.9 Å². The van der Waals surface area contributed by atoms with E-state index in [1.807, 2.05) is 0 Å². The molecule has 1 aliphatic heterocycles. The van der Waals surface area contributed by atoms with E-state index in [1.54, 1.807) is 0 Å². The van der Waals surface area contributed by atoms with Crippen molar-refractivity contribution in [3.8, 4) is 0 Å². The van der Waals surface area contributed by atoms with Crippen LogP contribution in [0.15, 0.2) is 72.8 Å². The number of H-pyrrole nitrogens is 4. The number of halogens is 1. The van der Waals surface area contributed by atoms with E-state index in [0.29, 0.717) is 0 Å². The molecule has 0 saturated carbocycles. The zero-order valence-corrected chi connectivity index (χ0v) is 29.9. The van der Waals surface area contributed by atoms with Crippen molar-refractivity contribution in [1.29, 1.82) is 0 Å². The molecule has 0 unspecified atom stereocenters. The van der Waals surface area contributed by atoms with Gasteiger partial charge in [-0.3, -0.25) is 0 Å². The number of hydrogen-bond donors (Lipinski definition) is 4. The van der Waals surface area contributed by atoms with Crippen LogP contribution in [-0.2, 0) is 0 Å². The van der Waals surface area contributed by atoms with Gasteiger partial charge >= 0.3 is 0 Å². The molecule has 8 bridgehead atoms. The molecule has 0 amide bonds. The minimum atomic E-state index is 1.03. The maximum Gasteiger partial charge on any atom is 0.0485 e. The monoisotopic (exact) mass is 724 g/mol. The second kappa shape index (κ2) is 15.4. The fourth-order valence-corrected chi connectivity index (χ4v) is 7.26. The van der Waals surface area contributed by atoms with Crippen LogP contribution in [0.2, 0.25) is 0 Å². The standard InChI is InChI=1S/C41H49IN4/c1-4-7-10-13-30-33-20-22-35(43-33)31(14-11-8-5-2)37-24-26-39(45-37)41(28-16-18-29(42)19-17-28)40-27-25-38(46-40)32(15-12-9-6-3)36-23-21-34(30)44-36/h16-27,43-46H,4-15H2,1-3H3. The Kier molecular flexibility index (Phi) is 10.9. The Morgan fingerprint density at radius 1 is 0.413 bits per heavy atom. The molecule has 4 nitrogen and oxygen atoms in total. The third-order valence-corrected chi connectivity index (χ3v) is 10.2. The summed E-state index contributed by atoms with van der Waals surface area (Å²) in [4.78, 5) is 15.6.